The van der Waals surface area contributed by atoms with Crippen LogP contribution in [0.15, 0.2) is 41.1 Å². The standard InChI is InChI=1S/C15H15FO2S/c16-14-3-1-2-12(9-14)8-13(15(17)18)5-4-11-6-7-19-10-11/h1-3,6-7,9-10,13H,4-5,8H2,(H,17,18). The summed E-state index contributed by atoms with van der Waals surface area (Å²) in [5, 5.41) is 13.3. The molecule has 0 spiro atoms. The Kier molecular flexibility index (Phi) is 4.68. The van der Waals surface area contributed by atoms with Gasteiger partial charge in [-0.05, 0) is 59.3 Å². The van der Waals surface area contributed by atoms with E-state index in [0.29, 0.717) is 12.8 Å². The lowest BCUT2D eigenvalue weighted by Gasteiger charge is -2.12. The molecule has 0 fully saturated rings. The maximum atomic E-state index is 13.1. The largest absolute Gasteiger partial charge is 0.481 e. The maximum Gasteiger partial charge on any atom is 0.306 e. The van der Waals surface area contributed by atoms with Gasteiger partial charge in [0.25, 0.3) is 0 Å². The number of hydrogen-bond donors (Lipinski definition) is 1. The van der Waals surface area contributed by atoms with Crippen LogP contribution < -0.4 is 0 Å². The molecule has 0 aliphatic heterocycles. The van der Waals surface area contributed by atoms with Gasteiger partial charge in [0.15, 0.2) is 0 Å². The normalized spacial score (nSPS) is 12.3. The number of hydrogen-bond acceptors (Lipinski definition) is 2. The fourth-order valence-electron chi connectivity index (χ4n) is 2.04. The highest BCUT2D eigenvalue weighted by Crippen LogP contribution is 2.18. The smallest absolute Gasteiger partial charge is 0.306 e. The van der Waals surface area contributed by atoms with E-state index in [0.717, 1.165) is 17.5 Å². The minimum absolute atomic E-state index is 0.320. The highest BCUT2D eigenvalue weighted by molar-refractivity contribution is 7.07. The van der Waals surface area contributed by atoms with Crippen molar-refractivity contribution in [1.82, 2.24) is 0 Å². The van der Waals surface area contributed by atoms with Crippen LogP contribution in [0.1, 0.15) is 17.5 Å². The predicted molar refractivity (Wildman–Crippen MR) is 73.9 cm³/mol. The summed E-state index contributed by atoms with van der Waals surface area (Å²) < 4.78 is 13.1. The Hall–Kier alpha value is -1.68. The molecule has 2 rings (SSSR count). The summed E-state index contributed by atoms with van der Waals surface area (Å²) in [5.41, 5.74) is 1.90. The first kappa shape index (κ1) is 13.7. The highest BCUT2D eigenvalue weighted by atomic mass is 32.1. The molecule has 1 aromatic heterocycles. The highest BCUT2D eigenvalue weighted by Gasteiger charge is 2.18. The lowest BCUT2D eigenvalue weighted by Crippen LogP contribution is -2.17. The zero-order valence-corrected chi connectivity index (χ0v) is 11.2. The van der Waals surface area contributed by atoms with E-state index in [-0.39, 0.29) is 5.82 Å². The van der Waals surface area contributed by atoms with Crippen molar-refractivity contribution in [1.29, 1.82) is 0 Å². The van der Waals surface area contributed by atoms with E-state index in [1.54, 1.807) is 23.5 Å². The lowest BCUT2D eigenvalue weighted by atomic mass is 9.93. The van der Waals surface area contributed by atoms with E-state index in [1.807, 2.05) is 16.8 Å². The van der Waals surface area contributed by atoms with E-state index in [9.17, 15) is 14.3 Å². The number of benzene rings is 1. The summed E-state index contributed by atoms with van der Waals surface area (Å²) in [6.07, 6.45) is 1.69. The number of aliphatic carboxylic acids is 1. The fraction of sp³-hybridized carbons (Fsp3) is 0.267. The molecule has 1 N–H and O–H groups in total. The molecule has 1 aromatic carbocycles. The van der Waals surface area contributed by atoms with E-state index in [2.05, 4.69) is 0 Å². The zero-order valence-electron chi connectivity index (χ0n) is 10.4. The van der Waals surface area contributed by atoms with Gasteiger partial charge < -0.3 is 5.11 Å². The first-order valence-electron chi connectivity index (χ1n) is 6.13. The number of thiophene rings is 1. The summed E-state index contributed by atoms with van der Waals surface area (Å²) >= 11 is 1.61. The number of carbonyl (C=O) groups is 1. The van der Waals surface area contributed by atoms with Crippen LogP contribution in [0.3, 0.4) is 0 Å². The van der Waals surface area contributed by atoms with Crippen molar-refractivity contribution in [3.8, 4) is 0 Å². The van der Waals surface area contributed by atoms with Gasteiger partial charge in [-0.1, -0.05) is 12.1 Å². The molecule has 0 aliphatic carbocycles. The number of carboxylic acid groups (broad SMARTS) is 1. The molecule has 0 amide bonds. The molecular formula is C15H15FO2S. The number of carboxylic acids is 1. The van der Waals surface area contributed by atoms with Gasteiger partial charge in [-0.2, -0.15) is 11.3 Å². The van der Waals surface area contributed by atoms with Crippen LogP contribution in [0.2, 0.25) is 0 Å². The molecule has 0 saturated carbocycles. The third-order valence-corrected chi connectivity index (χ3v) is 3.81. The molecule has 4 heteroatoms. The van der Waals surface area contributed by atoms with Crippen LogP contribution in [-0.4, -0.2) is 11.1 Å². The minimum Gasteiger partial charge on any atom is -0.481 e. The van der Waals surface area contributed by atoms with Crippen molar-refractivity contribution in [3.05, 3.63) is 58.0 Å². The third-order valence-electron chi connectivity index (χ3n) is 3.08. The van der Waals surface area contributed by atoms with E-state index in [1.165, 1.54) is 12.1 Å². The SMILES string of the molecule is O=C(O)C(CCc1ccsc1)Cc1cccc(F)c1. The van der Waals surface area contributed by atoms with Gasteiger partial charge in [0.05, 0.1) is 5.92 Å². The van der Waals surface area contributed by atoms with Crippen molar-refractivity contribution >= 4 is 17.3 Å². The van der Waals surface area contributed by atoms with E-state index >= 15 is 0 Å². The van der Waals surface area contributed by atoms with Crippen LogP contribution in [0.25, 0.3) is 0 Å². The fourth-order valence-corrected chi connectivity index (χ4v) is 2.74. The van der Waals surface area contributed by atoms with E-state index < -0.39 is 11.9 Å². The third kappa shape index (κ3) is 4.17. The topological polar surface area (TPSA) is 37.3 Å². The van der Waals surface area contributed by atoms with Crippen molar-refractivity contribution in [2.75, 3.05) is 0 Å². The average Bonchev–Trinajstić information content (AvgIpc) is 2.87. The van der Waals surface area contributed by atoms with Gasteiger partial charge in [-0.3, -0.25) is 4.79 Å². The first-order valence-corrected chi connectivity index (χ1v) is 7.08. The van der Waals surface area contributed by atoms with E-state index in [4.69, 9.17) is 0 Å². The molecule has 2 nitrogen and oxygen atoms in total. The Morgan fingerprint density at radius 2 is 2.16 bits per heavy atom. The molecule has 1 atom stereocenters. The molecule has 0 saturated heterocycles. The Morgan fingerprint density at radius 1 is 1.32 bits per heavy atom. The van der Waals surface area contributed by atoms with Crippen molar-refractivity contribution < 1.29 is 14.3 Å². The average molecular weight is 278 g/mol. The molecule has 0 bridgehead atoms. The summed E-state index contributed by atoms with van der Waals surface area (Å²) in [6.45, 7) is 0. The first-order chi connectivity index (χ1) is 9.15. The molecule has 0 radical (unpaired) electrons. The second-order valence-electron chi connectivity index (χ2n) is 4.54. The van der Waals surface area contributed by atoms with Gasteiger partial charge >= 0.3 is 5.97 Å². The van der Waals surface area contributed by atoms with Crippen LogP contribution in [-0.2, 0) is 17.6 Å². The number of aryl methyl sites for hydroxylation is 1. The second kappa shape index (κ2) is 6.48. The monoisotopic (exact) mass is 278 g/mol. The Labute approximate surface area is 115 Å². The maximum absolute atomic E-state index is 13.1. The van der Waals surface area contributed by atoms with Crippen LogP contribution in [0.5, 0.6) is 0 Å². The van der Waals surface area contributed by atoms with Gasteiger partial charge in [-0.25, -0.2) is 4.39 Å². The number of halogens is 1. The Morgan fingerprint density at radius 3 is 2.79 bits per heavy atom. The quantitative estimate of drug-likeness (QED) is 0.873. The second-order valence-corrected chi connectivity index (χ2v) is 5.32. The molecular weight excluding hydrogens is 263 g/mol. The molecule has 2 aromatic rings. The van der Waals surface area contributed by atoms with Crippen LogP contribution in [0, 0.1) is 11.7 Å². The number of rotatable bonds is 6. The minimum atomic E-state index is -0.820. The Bertz CT molecular complexity index is 537. The van der Waals surface area contributed by atoms with Gasteiger partial charge in [-0.15, -0.1) is 0 Å². The van der Waals surface area contributed by atoms with Gasteiger partial charge in [0.1, 0.15) is 5.82 Å². The Balaban J connectivity index is 1.98. The molecule has 0 aliphatic rings. The molecule has 100 valence electrons. The lowest BCUT2D eigenvalue weighted by molar-refractivity contribution is -0.141. The van der Waals surface area contributed by atoms with Crippen LogP contribution >= 0.6 is 11.3 Å². The van der Waals surface area contributed by atoms with Gasteiger partial charge in [0.2, 0.25) is 0 Å². The van der Waals surface area contributed by atoms with Crippen molar-refractivity contribution in [2.45, 2.75) is 19.3 Å². The summed E-state index contributed by atoms with van der Waals surface area (Å²) in [4.78, 5) is 11.3. The van der Waals surface area contributed by atoms with Crippen LogP contribution in [0.4, 0.5) is 4.39 Å². The zero-order chi connectivity index (χ0) is 13.7. The van der Waals surface area contributed by atoms with Crippen molar-refractivity contribution in [3.63, 3.8) is 0 Å². The summed E-state index contributed by atoms with van der Waals surface area (Å²) in [7, 11) is 0. The summed E-state index contributed by atoms with van der Waals surface area (Å²) in [5.74, 6) is -1.61. The van der Waals surface area contributed by atoms with Gasteiger partial charge in [0, 0.05) is 0 Å². The molecule has 1 heterocycles. The van der Waals surface area contributed by atoms with Crippen molar-refractivity contribution in [2.24, 2.45) is 5.92 Å². The summed E-state index contributed by atoms with van der Waals surface area (Å²) in [6, 6.07) is 8.16. The predicted octanol–water partition coefficient (Wildman–Crippen LogP) is 3.76. The molecule has 19 heavy (non-hydrogen) atoms. The molecule has 1 unspecified atom stereocenters.